The van der Waals surface area contributed by atoms with Crippen LogP contribution in [-0.4, -0.2) is 11.0 Å². The summed E-state index contributed by atoms with van der Waals surface area (Å²) in [5.74, 6) is 0.448. The minimum Gasteiger partial charge on any atom is -0.439 e. The zero-order valence-corrected chi connectivity index (χ0v) is 12.1. The molecule has 0 aliphatic heterocycles. The smallest absolute Gasteiger partial charge is 0.222 e. The van der Waals surface area contributed by atoms with Crippen LogP contribution in [0.5, 0.6) is 11.6 Å². The van der Waals surface area contributed by atoms with E-state index in [0.717, 1.165) is 17.5 Å². The SMILES string of the molecule is Cc1cc(CC(C)N)cnc1Oc1ccc(F)c(Cl)c1. The third-order valence-corrected chi connectivity index (χ3v) is 3.04. The van der Waals surface area contributed by atoms with Crippen LogP contribution in [0.4, 0.5) is 4.39 Å². The number of benzene rings is 1. The van der Waals surface area contributed by atoms with Gasteiger partial charge in [-0.3, -0.25) is 0 Å². The van der Waals surface area contributed by atoms with Crippen LogP contribution >= 0.6 is 11.6 Å². The molecule has 1 heterocycles. The van der Waals surface area contributed by atoms with E-state index in [0.29, 0.717) is 11.6 Å². The van der Waals surface area contributed by atoms with E-state index in [1.54, 1.807) is 6.20 Å². The summed E-state index contributed by atoms with van der Waals surface area (Å²) >= 11 is 5.71. The standard InChI is InChI=1S/C15H16ClFN2O/c1-9-5-11(6-10(2)18)8-19-15(9)20-12-3-4-14(17)13(16)7-12/h3-5,7-8,10H,6,18H2,1-2H3. The number of pyridine rings is 1. The van der Waals surface area contributed by atoms with Crippen LogP contribution in [0.1, 0.15) is 18.1 Å². The molecule has 1 unspecified atom stereocenters. The molecule has 1 aromatic carbocycles. The van der Waals surface area contributed by atoms with Crippen molar-refractivity contribution in [3.8, 4) is 11.6 Å². The highest BCUT2D eigenvalue weighted by Gasteiger charge is 2.08. The van der Waals surface area contributed by atoms with Gasteiger partial charge in [-0.15, -0.1) is 0 Å². The highest BCUT2D eigenvalue weighted by Crippen LogP contribution is 2.27. The van der Waals surface area contributed by atoms with E-state index in [1.807, 2.05) is 19.9 Å². The molecule has 1 aromatic heterocycles. The quantitative estimate of drug-likeness (QED) is 0.931. The average Bonchev–Trinajstić information content (AvgIpc) is 2.36. The minimum atomic E-state index is -0.476. The van der Waals surface area contributed by atoms with Gasteiger partial charge in [-0.1, -0.05) is 11.6 Å². The summed E-state index contributed by atoms with van der Waals surface area (Å²) in [6.45, 7) is 3.85. The van der Waals surface area contributed by atoms with Crippen LogP contribution in [0.3, 0.4) is 0 Å². The lowest BCUT2D eigenvalue weighted by atomic mass is 10.1. The van der Waals surface area contributed by atoms with Crippen LogP contribution < -0.4 is 10.5 Å². The molecule has 2 rings (SSSR count). The maximum absolute atomic E-state index is 13.1. The Morgan fingerprint density at radius 1 is 1.40 bits per heavy atom. The van der Waals surface area contributed by atoms with Crippen molar-refractivity contribution in [2.24, 2.45) is 5.73 Å². The lowest BCUT2D eigenvalue weighted by Gasteiger charge is -2.10. The molecular formula is C15H16ClFN2O. The molecule has 20 heavy (non-hydrogen) atoms. The van der Waals surface area contributed by atoms with Crippen LogP contribution in [0.25, 0.3) is 0 Å². The van der Waals surface area contributed by atoms with Crippen molar-refractivity contribution in [2.75, 3.05) is 0 Å². The minimum absolute atomic E-state index is 0.0220. The molecule has 0 aliphatic carbocycles. The summed E-state index contributed by atoms with van der Waals surface area (Å²) in [6, 6.07) is 6.26. The number of aryl methyl sites for hydroxylation is 1. The van der Waals surface area contributed by atoms with Crippen molar-refractivity contribution >= 4 is 11.6 Å². The fourth-order valence-electron chi connectivity index (χ4n) is 1.86. The molecule has 0 fully saturated rings. The van der Waals surface area contributed by atoms with Crippen LogP contribution in [-0.2, 0) is 6.42 Å². The van der Waals surface area contributed by atoms with E-state index in [-0.39, 0.29) is 11.1 Å². The van der Waals surface area contributed by atoms with Crippen LogP contribution in [0.15, 0.2) is 30.5 Å². The van der Waals surface area contributed by atoms with Gasteiger partial charge in [0.1, 0.15) is 11.6 Å². The first-order chi connectivity index (χ1) is 9.45. The zero-order valence-electron chi connectivity index (χ0n) is 11.4. The molecule has 0 aliphatic rings. The Labute approximate surface area is 122 Å². The predicted octanol–water partition coefficient (Wildman–Crippen LogP) is 3.86. The summed E-state index contributed by atoms with van der Waals surface area (Å²) in [6.07, 6.45) is 2.49. The lowest BCUT2D eigenvalue weighted by Crippen LogP contribution is -2.17. The average molecular weight is 295 g/mol. The maximum atomic E-state index is 13.1. The lowest BCUT2D eigenvalue weighted by molar-refractivity contribution is 0.456. The molecular weight excluding hydrogens is 279 g/mol. The summed E-state index contributed by atoms with van der Waals surface area (Å²) in [4.78, 5) is 4.26. The van der Waals surface area contributed by atoms with Gasteiger partial charge in [-0.25, -0.2) is 9.37 Å². The maximum Gasteiger partial charge on any atom is 0.222 e. The van der Waals surface area contributed by atoms with Crippen molar-refractivity contribution < 1.29 is 9.13 Å². The number of nitrogens with two attached hydrogens (primary N) is 1. The van der Waals surface area contributed by atoms with Gasteiger partial charge < -0.3 is 10.5 Å². The molecule has 2 N–H and O–H groups in total. The highest BCUT2D eigenvalue weighted by atomic mass is 35.5. The van der Waals surface area contributed by atoms with E-state index in [1.165, 1.54) is 18.2 Å². The highest BCUT2D eigenvalue weighted by molar-refractivity contribution is 6.30. The van der Waals surface area contributed by atoms with Crippen molar-refractivity contribution in [1.29, 1.82) is 0 Å². The molecule has 106 valence electrons. The normalized spacial score (nSPS) is 12.2. The van der Waals surface area contributed by atoms with Gasteiger partial charge in [0.15, 0.2) is 0 Å². The molecule has 0 saturated carbocycles. The third kappa shape index (κ3) is 3.68. The van der Waals surface area contributed by atoms with E-state index in [4.69, 9.17) is 22.1 Å². The molecule has 2 aromatic rings. The topological polar surface area (TPSA) is 48.1 Å². The Bertz CT molecular complexity index is 617. The van der Waals surface area contributed by atoms with Gasteiger partial charge >= 0.3 is 0 Å². The van der Waals surface area contributed by atoms with Gasteiger partial charge in [0.2, 0.25) is 5.88 Å². The second-order valence-electron chi connectivity index (χ2n) is 4.83. The van der Waals surface area contributed by atoms with E-state index >= 15 is 0 Å². The van der Waals surface area contributed by atoms with Crippen molar-refractivity contribution in [3.05, 3.63) is 52.4 Å². The number of halogens is 2. The number of ether oxygens (including phenoxy) is 1. The van der Waals surface area contributed by atoms with Gasteiger partial charge in [0.25, 0.3) is 0 Å². The van der Waals surface area contributed by atoms with Gasteiger partial charge in [-0.05, 0) is 44.0 Å². The van der Waals surface area contributed by atoms with Crippen LogP contribution in [0.2, 0.25) is 5.02 Å². The predicted molar refractivity (Wildman–Crippen MR) is 77.8 cm³/mol. The third-order valence-electron chi connectivity index (χ3n) is 2.75. The molecule has 1 atom stereocenters. The largest absolute Gasteiger partial charge is 0.439 e. The number of rotatable bonds is 4. The number of hydrogen-bond acceptors (Lipinski definition) is 3. The van der Waals surface area contributed by atoms with Gasteiger partial charge in [-0.2, -0.15) is 0 Å². The Balaban J connectivity index is 2.19. The van der Waals surface area contributed by atoms with Crippen molar-refractivity contribution in [2.45, 2.75) is 26.3 Å². The number of aromatic nitrogens is 1. The second-order valence-corrected chi connectivity index (χ2v) is 5.23. The molecule has 5 heteroatoms. The molecule has 3 nitrogen and oxygen atoms in total. The van der Waals surface area contributed by atoms with Gasteiger partial charge in [0, 0.05) is 23.9 Å². The first-order valence-corrected chi connectivity index (χ1v) is 6.67. The summed E-state index contributed by atoms with van der Waals surface area (Å²) in [7, 11) is 0. The Kier molecular flexibility index (Phi) is 4.57. The van der Waals surface area contributed by atoms with Gasteiger partial charge in [0.05, 0.1) is 5.02 Å². The first-order valence-electron chi connectivity index (χ1n) is 6.29. The molecule has 0 bridgehead atoms. The number of hydrogen-bond donors (Lipinski definition) is 1. The van der Waals surface area contributed by atoms with Crippen molar-refractivity contribution in [1.82, 2.24) is 4.98 Å². The zero-order chi connectivity index (χ0) is 14.7. The van der Waals surface area contributed by atoms with Crippen LogP contribution in [0, 0.1) is 12.7 Å². The number of nitrogens with zero attached hydrogens (tertiary/aromatic N) is 1. The Hall–Kier alpha value is -1.65. The fraction of sp³-hybridized carbons (Fsp3) is 0.267. The summed E-state index contributed by atoms with van der Waals surface area (Å²) in [5.41, 5.74) is 7.71. The monoisotopic (exact) mass is 294 g/mol. The molecule has 0 amide bonds. The first kappa shape index (κ1) is 14.8. The summed E-state index contributed by atoms with van der Waals surface area (Å²) in [5, 5.41) is 0.0220. The second kappa shape index (κ2) is 6.20. The van der Waals surface area contributed by atoms with Crippen molar-refractivity contribution in [3.63, 3.8) is 0 Å². The van der Waals surface area contributed by atoms with E-state index in [2.05, 4.69) is 4.98 Å². The Morgan fingerprint density at radius 3 is 2.75 bits per heavy atom. The summed E-state index contributed by atoms with van der Waals surface area (Å²) < 4.78 is 18.7. The van der Waals surface area contributed by atoms with E-state index in [9.17, 15) is 4.39 Å². The molecule has 0 spiro atoms. The molecule has 0 saturated heterocycles. The fourth-order valence-corrected chi connectivity index (χ4v) is 2.03. The van der Waals surface area contributed by atoms with E-state index < -0.39 is 5.82 Å². The molecule has 0 radical (unpaired) electrons. The Morgan fingerprint density at radius 2 is 2.15 bits per heavy atom.